The van der Waals surface area contributed by atoms with E-state index in [0.717, 1.165) is 0 Å². The van der Waals surface area contributed by atoms with Crippen LogP contribution in [0.5, 0.6) is 0 Å². The van der Waals surface area contributed by atoms with Crippen LogP contribution in [0.15, 0.2) is 0 Å². The van der Waals surface area contributed by atoms with Crippen molar-refractivity contribution < 1.29 is 8.78 Å². The molecule has 0 aromatic heterocycles. The van der Waals surface area contributed by atoms with Crippen LogP contribution >= 0.6 is 11.9 Å². The third kappa shape index (κ3) is 1.61. The molecule has 0 heterocycles. The van der Waals surface area contributed by atoms with E-state index in [1.54, 1.807) is 0 Å². The van der Waals surface area contributed by atoms with E-state index in [2.05, 4.69) is 0 Å². The number of nitrogens with zero attached hydrogens (tertiary/aromatic N) is 1. The highest BCUT2D eigenvalue weighted by Crippen LogP contribution is 2.41. The molecule has 0 aliphatic heterocycles. The molecule has 0 amide bonds. The molecule has 0 N–H and O–H groups in total. The first-order chi connectivity index (χ1) is 4.55. The van der Waals surface area contributed by atoms with Crippen LogP contribution < -0.4 is 0 Å². The van der Waals surface area contributed by atoms with Gasteiger partial charge in [0, 0.05) is 18.9 Å². The summed E-state index contributed by atoms with van der Waals surface area (Å²) in [5.41, 5.74) is 0. The maximum absolute atomic E-state index is 12.2. The van der Waals surface area contributed by atoms with Crippen molar-refractivity contribution in [3.63, 3.8) is 0 Å². The molecule has 0 spiro atoms. The van der Waals surface area contributed by atoms with E-state index in [1.807, 2.05) is 17.6 Å². The van der Waals surface area contributed by atoms with E-state index in [1.165, 1.54) is 11.9 Å². The molecule has 60 valence electrons. The van der Waals surface area contributed by atoms with Crippen molar-refractivity contribution in [1.29, 1.82) is 0 Å². The highest BCUT2D eigenvalue weighted by Gasteiger charge is 2.46. The van der Waals surface area contributed by atoms with Gasteiger partial charge in [-0.05, 0) is 13.3 Å². The van der Waals surface area contributed by atoms with Crippen molar-refractivity contribution in [1.82, 2.24) is 4.31 Å². The van der Waals surface area contributed by atoms with Crippen LogP contribution in [0.2, 0.25) is 0 Å². The monoisotopic (exact) mass is 167 g/mol. The van der Waals surface area contributed by atoms with Gasteiger partial charge in [0.25, 0.3) is 5.92 Å². The molecule has 1 aliphatic rings. The molecule has 1 nitrogen and oxygen atoms in total. The number of rotatable bonds is 2. The fraction of sp³-hybridized carbons (Fsp3) is 1.00. The molecule has 0 aromatic carbocycles. The van der Waals surface area contributed by atoms with Crippen LogP contribution in [0, 0.1) is 0 Å². The standard InChI is InChI=1S/C6H11F2NS/c1-9(10-2)5-3-6(7,8)4-5/h5H,3-4H2,1-2H3. The summed E-state index contributed by atoms with van der Waals surface area (Å²) in [5.74, 6) is -2.38. The van der Waals surface area contributed by atoms with E-state index in [-0.39, 0.29) is 18.9 Å². The van der Waals surface area contributed by atoms with Crippen LogP contribution in [0.4, 0.5) is 8.78 Å². The summed E-state index contributed by atoms with van der Waals surface area (Å²) < 4.78 is 26.4. The molecule has 4 heteroatoms. The predicted octanol–water partition coefficient (Wildman–Crippen LogP) is 1.99. The van der Waals surface area contributed by atoms with Gasteiger partial charge in [0.15, 0.2) is 0 Å². The highest BCUT2D eigenvalue weighted by atomic mass is 32.2. The number of alkyl halides is 2. The normalized spacial score (nSPS) is 24.9. The minimum Gasteiger partial charge on any atom is -0.250 e. The molecule has 0 aromatic rings. The average Bonchev–Trinajstić information content (AvgIpc) is 1.81. The largest absolute Gasteiger partial charge is 0.251 e. The van der Waals surface area contributed by atoms with E-state index in [0.29, 0.717) is 0 Å². The second-order valence-corrected chi connectivity index (χ2v) is 3.59. The lowest BCUT2D eigenvalue weighted by atomic mass is 9.88. The first-order valence-electron chi connectivity index (χ1n) is 3.20. The molecule has 1 rings (SSSR count). The van der Waals surface area contributed by atoms with Crippen molar-refractivity contribution in [3.05, 3.63) is 0 Å². The Morgan fingerprint density at radius 2 is 2.00 bits per heavy atom. The summed E-state index contributed by atoms with van der Waals surface area (Å²) in [5, 5.41) is 0. The van der Waals surface area contributed by atoms with Crippen molar-refractivity contribution >= 4 is 11.9 Å². The zero-order valence-corrected chi connectivity index (χ0v) is 6.92. The lowest BCUT2D eigenvalue weighted by Crippen LogP contribution is -2.46. The Morgan fingerprint density at radius 3 is 2.30 bits per heavy atom. The lowest BCUT2D eigenvalue weighted by Gasteiger charge is -2.39. The Bertz CT molecular complexity index is 121. The van der Waals surface area contributed by atoms with Crippen LogP contribution in [0.25, 0.3) is 0 Å². The summed E-state index contributed by atoms with van der Waals surface area (Å²) in [7, 11) is 1.85. The van der Waals surface area contributed by atoms with Crippen molar-refractivity contribution in [2.75, 3.05) is 13.3 Å². The molecule has 0 unspecified atom stereocenters. The SMILES string of the molecule is CSN(C)C1CC(F)(F)C1. The fourth-order valence-electron chi connectivity index (χ4n) is 1.04. The van der Waals surface area contributed by atoms with Crippen LogP contribution in [-0.4, -0.2) is 29.6 Å². The Morgan fingerprint density at radius 1 is 1.50 bits per heavy atom. The molecule has 1 fully saturated rings. The van der Waals surface area contributed by atoms with Gasteiger partial charge in [0.05, 0.1) is 0 Å². The molecular weight excluding hydrogens is 156 g/mol. The summed E-state index contributed by atoms with van der Waals surface area (Å²) in [4.78, 5) is 0. The van der Waals surface area contributed by atoms with E-state index in [9.17, 15) is 8.78 Å². The molecule has 0 bridgehead atoms. The van der Waals surface area contributed by atoms with Gasteiger partial charge in [-0.3, -0.25) is 4.31 Å². The summed E-state index contributed by atoms with van der Waals surface area (Å²) in [6.45, 7) is 0. The summed E-state index contributed by atoms with van der Waals surface area (Å²) >= 11 is 1.51. The molecular formula is C6H11F2NS. The second kappa shape index (κ2) is 2.66. The Kier molecular flexibility index (Phi) is 2.20. The van der Waals surface area contributed by atoms with Gasteiger partial charge in [0.1, 0.15) is 0 Å². The van der Waals surface area contributed by atoms with Crippen molar-refractivity contribution in [3.8, 4) is 0 Å². The minimum absolute atomic E-state index is 0.0321. The lowest BCUT2D eigenvalue weighted by molar-refractivity contribution is -0.105. The molecule has 10 heavy (non-hydrogen) atoms. The van der Waals surface area contributed by atoms with Gasteiger partial charge in [-0.1, -0.05) is 11.9 Å². The molecule has 0 atom stereocenters. The summed E-state index contributed by atoms with van der Waals surface area (Å²) in [6.07, 6.45) is 1.96. The van der Waals surface area contributed by atoms with Gasteiger partial charge >= 0.3 is 0 Å². The van der Waals surface area contributed by atoms with Gasteiger partial charge in [-0.2, -0.15) is 0 Å². The number of halogens is 2. The van der Waals surface area contributed by atoms with Crippen molar-refractivity contribution in [2.24, 2.45) is 0 Å². The molecule has 1 aliphatic carbocycles. The quantitative estimate of drug-likeness (QED) is 0.579. The van der Waals surface area contributed by atoms with Gasteiger partial charge < -0.3 is 0 Å². The molecule has 0 radical (unpaired) electrons. The topological polar surface area (TPSA) is 3.24 Å². The summed E-state index contributed by atoms with van der Waals surface area (Å²) in [6, 6.07) is 0.0880. The van der Waals surface area contributed by atoms with E-state index in [4.69, 9.17) is 0 Å². The minimum atomic E-state index is -2.38. The van der Waals surface area contributed by atoms with Crippen LogP contribution in [0.1, 0.15) is 12.8 Å². The van der Waals surface area contributed by atoms with Gasteiger partial charge in [-0.25, -0.2) is 8.78 Å². The van der Waals surface area contributed by atoms with Crippen LogP contribution in [-0.2, 0) is 0 Å². The van der Waals surface area contributed by atoms with E-state index >= 15 is 0 Å². The third-order valence-electron chi connectivity index (χ3n) is 1.87. The Labute approximate surface area is 63.9 Å². The van der Waals surface area contributed by atoms with Gasteiger partial charge in [0.2, 0.25) is 0 Å². The maximum Gasteiger partial charge on any atom is 0.251 e. The first kappa shape index (κ1) is 8.27. The molecule has 1 saturated carbocycles. The van der Waals surface area contributed by atoms with Crippen molar-refractivity contribution in [2.45, 2.75) is 24.8 Å². The Hall–Kier alpha value is 0.170. The zero-order chi connectivity index (χ0) is 7.78. The molecule has 0 saturated heterocycles. The van der Waals surface area contributed by atoms with Gasteiger partial charge in [-0.15, -0.1) is 0 Å². The smallest absolute Gasteiger partial charge is 0.250 e. The zero-order valence-electron chi connectivity index (χ0n) is 6.10. The first-order valence-corrected chi connectivity index (χ1v) is 4.38. The average molecular weight is 167 g/mol. The highest BCUT2D eigenvalue weighted by molar-refractivity contribution is 7.96. The predicted molar refractivity (Wildman–Crippen MR) is 39.2 cm³/mol. The number of hydrogen-bond donors (Lipinski definition) is 0. The number of hydrogen-bond acceptors (Lipinski definition) is 2. The fourth-order valence-corrected chi connectivity index (χ4v) is 1.48. The maximum atomic E-state index is 12.2. The second-order valence-electron chi connectivity index (χ2n) is 2.65. The Balaban J connectivity index is 2.26. The van der Waals surface area contributed by atoms with E-state index < -0.39 is 5.92 Å². The third-order valence-corrected chi connectivity index (χ3v) is 2.74. The van der Waals surface area contributed by atoms with Crippen LogP contribution in [0.3, 0.4) is 0 Å².